The minimum Gasteiger partial charge on any atom is -0.463 e. The second-order valence-corrected chi connectivity index (χ2v) is 8.10. The van der Waals surface area contributed by atoms with Gasteiger partial charge in [-0.25, -0.2) is 4.79 Å². The van der Waals surface area contributed by atoms with Crippen LogP contribution in [-0.2, 0) is 39.8 Å². The molecule has 2 unspecified atom stereocenters. The fourth-order valence-corrected chi connectivity index (χ4v) is 3.95. The highest BCUT2D eigenvalue weighted by Crippen LogP contribution is 2.43. The molecule has 1 fully saturated rings. The Morgan fingerprint density at radius 2 is 1.68 bits per heavy atom. The van der Waals surface area contributed by atoms with Gasteiger partial charge in [0.15, 0.2) is 18.4 Å². The Bertz CT molecular complexity index is 1190. The predicted molar refractivity (Wildman–Crippen MR) is 117 cm³/mol. The van der Waals surface area contributed by atoms with Crippen LogP contribution in [-0.4, -0.2) is 51.9 Å². The van der Waals surface area contributed by atoms with Crippen molar-refractivity contribution in [3.8, 4) is 0 Å². The summed E-state index contributed by atoms with van der Waals surface area (Å²) < 4.78 is 23.7. The number of hydrogen-bond donors (Lipinski definition) is 1. The third kappa shape index (κ3) is 5.42. The van der Waals surface area contributed by atoms with E-state index in [0.717, 1.165) is 17.1 Å². The molecule has 0 saturated carbocycles. The first-order valence-corrected chi connectivity index (χ1v) is 10.5. The van der Waals surface area contributed by atoms with Crippen molar-refractivity contribution < 1.29 is 33.3 Å². The molecule has 1 aromatic carbocycles. The number of carbonyl (C=O) groups is 3. The van der Waals surface area contributed by atoms with Crippen LogP contribution in [0.25, 0.3) is 0 Å². The normalized spacial score (nSPS) is 23.8. The summed E-state index contributed by atoms with van der Waals surface area (Å²) in [5.41, 5.74) is -1.97. The number of aryl methyl sites for hydroxylation is 1. The largest absolute Gasteiger partial charge is 0.463 e. The van der Waals surface area contributed by atoms with E-state index < -0.39 is 53.2 Å². The molecule has 0 amide bonds. The topological polar surface area (TPSA) is 143 Å². The summed E-state index contributed by atoms with van der Waals surface area (Å²) in [7, 11) is 0. The van der Waals surface area contributed by atoms with Crippen LogP contribution in [0.4, 0.5) is 0 Å². The van der Waals surface area contributed by atoms with Gasteiger partial charge in [0.2, 0.25) is 0 Å². The van der Waals surface area contributed by atoms with Gasteiger partial charge < -0.3 is 18.9 Å². The number of rotatable bonds is 7. The Kier molecular flexibility index (Phi) is 7.35. The van der Waals surface area contributed by atoms with Crippen molar-refractivity contribution >= 4 is 17.9 Å². The fraction of sp³-hybridized carbons (Fsp3) is 0.435. The molecule has 1 aromatic heterocycles. The Morgan fingerprint density at radius 1 is 1.03 bits per heavy atom. The molecule has 0 spiro atoms. The first-order valence-electron chi connectivity index (χ1n) is 10.5. The van der Waals surface area contributed by atoms with Gasteiger partial charge in [0.25, 0.3) is 5.56 Å². The van der Waals surface area contributed by atoms with Crippen molar-refractivity contribution in [1.29, 1.82) is 0 Å². The van der Waals surface area contributed by atoms with Crippen LogP contribution in [0.3, 0.4) is 0 Å². The number of nitrogens with one attached hydrogen (secondary N) is 1. The Balaban J connectivity index is 2.20. The highest BCUT2D eigenvalue weighted by Gasteiger charge is 2.60. The summed E-state index contributed by atoms with van der Waals surface area (Å²) >= 11 is 0. The minimum atomic E-state index is -1.52. The van der Waals surface area contributed by atoms with E-state index in [1.807, 2.05) is 6.07 Å². The molecule has 182 valence electrons. The molecular formula is C23H26N2O9. The lowest BCUT2D eigenvalue weighted by molar-refractivity contribution is -0.177. The summed E-state index contributed by atoms with van der Waals surface area (Å²) in [4.78, 5) is 62.5. The van der Waals surface area contributed by atoms with Crippen LogP contribution in [0.1, 0.15) is 38.1 Å². The Labute approximate surface area is 194 Å². The number of benzene rings is 1. The SMILES string of the molecule is CC(=O)OC[C@@]1(Cc2ccccc2)O[C@@H](n2cc(C)c(=O)[nH]c2=O)C(OC(C)=O)C1OC(C)=O. The van der Waals surface area contributed by atoms with Gasteiger partial charge >= 0.3 is 23.6 Å². The van der Waals surface area contributed by atoms with Crippen LogP contribution in [0, 0.1) is 6.92 Å². The van der Waals surface area contributed by atoms with Gasteiger partial charge in [-0.3, -0.25) is 28.7 Å². The Hall–Kier alpha value is -3.73. The van der Waals surface area contributed by atoms with Crippen molar-refractivity contribution in [3.05, 3.63) is 68.5 Å². The smallest absolute Gasteiger partial charge is 0.330 e. The summed E-state index contributed by atoms with van der Waals surface area (Å²) in [5.74, 6) is -2.02. The molecule has 1 aliphatic rings. The highest BCUT2D eigenvalue weighted by atomic mass is 16.7. The molecule has 1 saturated heterocycles. The van der Waals surface area contributed by atoms with Crippen LogP contribution in [0.5, 0.6) is 0 Å². The molecule has 1 N–H and O–H groups in total. The zero-order valence-electron chi connectivity index (χ0n) is 19.2. The monoisotopic (exact) mass is 474 g/mol. The van der Waals surface area contributed by atoms with Gasteiger partial charge in [0, 0.05) is 39.0 Å². The maximum Gasteiger partial charge on any atom is 0.330 e. The van der Waals surface area contributed by atoms with Crippen LogP contribution >= 0.6 is 0 Å². The van der Waals surface area contributed by atoms with Gasteiger partial charge in [0.05, 0.1) is 0 Å². The molecule has 2 aromatic rings. The number of nitrogens with zero attached hydrogens (tertiary/aromatic N) is 1. The number of aromatic nitrogens is 2. The average molecular weight is 474 g/mol. The van der Waals surface area contributed by atoms with Crippen molar-refractivity contribution in [1.82, 2.24) is 9.55 Å². The number of esters is 3. The number of ether oxygens (including phenoxy) is 4. The highest BCUT2D eigenvalue weighted by molar-refractivity contribution is 5.68. The van der Waals surface area contributed by atoms with Crippen LogP contribution < -0.4 is 11.2 Å². The standard InChI is InChI=1S/C23H26N2O9/c1-13-11-25(22(30)24-20(13)29)21-18(32-15(3)27)19(33-16(4)28)23(34-21,12-31-14(2)26)10-17-8-6-5-7-9-17/h5-9,11,18-19,21H,10,12H2,1-4H3,(H,24,29,30)/t18?,19?,21-,23-/m1/s1. The van der Waals surface area contributed by atoms with E-state index in [1.165, 1.54) is 27.0 Å². The molecule has 0 aliphatic carbocycles. The zero-order chi connectivity index (χ0) is 25.0. The van der Waals surface area contributed by atoms with Gasteiger partial charge in [-0.05, 0) is 12.5 Å². The molecule has 3 rings (SSSR count). The average Bonchev–Trinajstić information content (AvgIpc) is 3.02. The summed E-state index contributed by atoms with van der Waals surface area (Å²) in [6.45, 7) is 4.67. The van der Waals surface area contributed by atoms with E-state index in [2.05, 4.69) is 4.98 Å². The molecule has 4 atom stereocenters. The van der Waals surface area contributed by atoms with Crippen molar-refractivity contribution in [2.75, 3.05) is 6.61 Å². The van der Waals surface area contributed by atoms with Gasteiger partial charge in [0.1, 0.15) is 12.2 Å². The fourth-order valence-electron chi connectivity index (χ4n) is 3.95. The lowest BCUT2D eigenvalue weighted by atomic mass is 9.88. The van der Waals surface area contributed by atoms with Crippen molar-refractivity contribution in [3.63, 3.8) is 0 Å². The third-order valence-electron chi connectivity index (χ3n) is 5.33. The van der Waals surface area contributed by atoms with E-state index in [0.29, 0.717) is 0 Å². The van der Waals surface area contributed by atoms with Crippen LogP contribution in [0.15, 0.2) is 46.1 Å². The molecule has 11 nitrogen and oxygen atoms in total. The van der Waals surface area contributed by atoms with Gasteiger partial charge in [-0.15, -0.1) is 0 Å². The second-order valence-electron chi connectivity index (χ2n) is 8.10. The number of H-pyrrole nitrogens is 1. The van der Waals surface area contributed by atoms with Gasteiger partial charge in [-0.1, -0.05) is 30.3 Å². The molecule has 0 radical (unpaired) electrons. The molecule has 1 aliphatic heterocycles. The maximum atomic E-state index is 12.7. The van der Waals surface area contributed by atoms with E-state index in [1.54, 1.807) is 24.3 Å². The zero-order valence-corrected chi connectivity index (χ0v) is 19.2. The minimum absolute atomic E-state index is 0.0877. The molecule has 11 heteroatoms. The first kappa shape index (κ1) is 24.9. The van der Waals surface area contributed by atoms with E-state index >= 15 is 0 Å². The quantitative estimate of drug-likeness (QED) is 0.455. The molecule has 0 bridgehead atoms. The maximum absolute atomic E-state index is 12.7. The Morgan fingerprint density at radius 3 is 2.26 bits per heavy atom. The van der Waals surface area contributed by atoms with Crippen LogP contribution in [0.2, 0.25) is 0 Å². The molecule has 2 heterocycles. The second kappa shape index (κ2) is 10.0. The predicted octanol–water partition coefficient (Wildman–Crippen LogP) is 0.782. The number of carbonyl (C=O) groups excluding carboxylic acids is 3. The molecule has 34 heavy (non-hydrogen) atoms. The number of aromatic amines is 1. The van der Waals surface area contributed by atoms with Crippen molar-refractivity contribution in [2.45, 2.75) is 58.2 Å². The van der Waals surface area contributed by atoms with Crippen molar-refractivity contribution in [2.24, 2.45) is 0 Å². The first-order chi connectivity index (χ1) is 16.0. The lowest BCUT2D eigenvalue weighted by Crippen LogP contribution is -2.52. The summed E-state index contributed by atoms with van der Waals surface area (Å²) in [6, 6.07) is 9.00. The molecular weight excluding hydrogens is 448 g/mol. The summed E-state index contributed by atoms with van der Waals surface area (Å²) in [6.07, 6.45) is -2.49. The van der Waals surface area contributed by atoms with E-state index in [9.17, 15) is 24.0 Å². The van der Waals surface area contributed by atoms with Gasteiger partial charge in [-0.2, -0.15) is 0 Å². The lowest BCUT2D eigenvalue weighted by Gasteiger charge is -2.33. The summed E-state index contributed by atoms with van der Waals surface area (Å²) in [5, 5.41) is 0. The van der Waals surface area contributed by atoms with E-state index in [4.69, 9.17) is 18.9 Å². The third-order valence-corrected chi connectivity index (χ3v) is 5.33. The number of hydrogen-bond acceptors (Lipinski definition) is 9. The van der Waals surface area contributed by atoms with E-state index in [-0.39, 0.29) is 18.6 Å².